The molecule has 1 N–H and O–H groups in total. The number of halogens is 4. The third-order valence-electron chi connectivity index (χ3n) is 4.72. The zero-order valence-corrected chi connectivity index (χ0v) is 19.1. The number of sulfone groups is 1. The van der Waals surface area contributed by atoms with Crippen LogP contribution in [-0.4, -0.2) is 24.3 Å². The Labute approximate surface area is 202 Å². The molecule has 0 fully saturated rings. The molecule has 0 spiro atoms. The maximum Gasteiger partial charge on any atom is 0.437 e. The number of anilines is 1. The highest BCUT2D eigenvalue weighted by Crippen LogP contribution is 2.38. The molecule has 0 saturated carbocycles. The number of ether oxygens (including phenoxy) is 1. The van der Waals surface area contributed by atoms with Crippen molar-refractivity contribution >= 4 is 33.2 Å². The second kappa shape index (κ2) is 9.43. The van der Waals surface area contributed by atoms with Gasteiger partial charge in [-0.25, -0.2) is 17.9 Å². The van der Waals surface area contributed by atoms with Crippen LogP contribution >= 0.6 is 11.6 Å². The summed E-state index contributed by atoms with van der Waals surface area (Å²) < 4.78 is 72.3. The number of aromatic nitrogens is 2. The van der Waals surface area contributed by atoms with Gasteiger partial charge < -0.3 is 4.74 Å². The molecule has 0 aliphatic carbocycles. The highest BCUT2D eigenvalue weighted by molar-refractivity contribution is 7.91. The number of rotatable bonds is 5. The molecule has 0 atom stereocenters. The predicted molar refractivity (Wildman–Crippen MR) is 122 cm³/mol. The van der Waals surface area contributed by atoms with E-state index in [0.29, 0.717) is 9.70 Å². The Morgan fingerprint density at radius 2 is 1.60 bits per heavy atom. The fraction of sp³-hybridized carbons (Fsp3) is 0.0435. The number of hydrogen-bond donors (Lipinski definition) is 1. The summed E-state index contributed by atoms with van der Waals surface area (Å²) in [4.78, 5) is 12.3. The second-order valence-corrected chi connectivity index (χ2v) is 9.49. The average Bonchev–Trinajstić information content (AvgIpc) is 3.24. The van der Waals surface area contributed by atoms with E-state index < -0.39 is 33.6 Å². The maximum atomic E-state index is 13.8. The molecule has 1 amide bonds. The lowest BCUT2D eigenvalue weighted by Gasteiger charge is -2.13. The number of hydrogen-bond acceptors (Lipinski definition) is 5. The van der Waals surface area contributed by atoms with Gasteiger partial charge >= 0.3 is 12.3 Å². The molecule has 0 saturated heterocycles. The molecule has 35 heavy (non-hydrogen) atoms. The van der Waals surface area contributed by atoms with Crippen molar-refractivity contribution in [1.82, 2.24) is 9.78 Å². The zero-order chi connectivity index (χ0) is 25.2. The topological polar surface area (TPSA) is 90.3 Å². The summed E-state index contributed by atoms with van der Waals surface area (Å²) in [5, 5.41) is 6.26. The maximum absolute atomic E-state index is 13.8. The Kier molecular flexibility index (Phi) is 6.55. The van der Waals surface area contributed by atoms with E-state index in [1.807, 2.05) is 0 Å². The van der Waals surface area contributed by atoms with Crippen molar-refractivity contribution < 1.29 is 31.1 Å². The van der Waals surface area contributed by atoms with Crippen LogP contribution in [0.3, 0.4) is 0 Å². The summed E-state index contributed by atoms with van der Waals surface area (Å²) in [5.74, 6) is -0.835. The van der Waals surface area contributed by atoms with E-state index in [2.05, 4.69) is 10.4 Å². The Bertz CT molecular complexity index is 1470. The first-order valence-corrected chi connectivity index (χ1v) is 11.7. The summed E-state index contributed by atoms with van der Waals surface area (Å²) in [7, 11) is -3.88. The van der Waals surface area contributed by atoms with Crippen LogP contribution < -0.4 is 10.1 Å². The molecule has 12 heteroatoms. The number of carbonyl (C=O) groups is 1. The van der Waals surface area contributed by atoms with Gasteiger partial charge in [0.25, 0.3) is 0 Å². The van der Waals surface area contributed by atoms with Crippen LogP contribution in [0.4, 0.5) is 23.7 Å². The van der Waals surface area contributed by atoms with E-state index in [4.69, 9.17) is 16.3 Å². The van der Waals surface area contributed by atoms with Crippen LogP contribution in [0.2, 0.25) is 5.02 Å². The molecule has 1 heterocycles. The molecule has 180 valence electrons. The first-order chi connectivity index (χ1) is 16.6. The van der Waals surface area contributed by atoms with Crippen LogP contribution in [0.5, 0.6) is 5.75 Å². The van der Waals surface area contributed by atoms with Crippen molar-refractivity contribution in [2.75, 3.05) is 5.32 Å². The summed E-state index contributed by atoms with van der Waals surface area (Å²) in [5.41, 5.74) is -1.25. The van der Waals surface area contributed by atoms with Gasteiger partial charge in [0, 0.05) is 10.7 Å². The molecule has 0 unspecified atom stereocenters. The normalized spacial score (nSPS) is 11.8. The number of benzene rings is 3. The third kappa shape index (κ3) is 5.31. The Morgan fingerprint density at radius 1 is 0.943 bits per heavy atom. The molecule has 7 nitrogen and oxygen atoms in total. The first-order valence-electron chi connectivity index (χ1n) is 9.86. The van der Waals surface area contributed by atoms with Crippen LogP contribution in [0.15, 0.2) is 94.9 Å². The molecule has 1 aromatic heterocycles. The van der Waals surface area contributed by atoms with Crippen molar-refractivity contribution in [1.29, 1.82) is 0 Å². The average molecular weight is 522 g/mol. The van der Waals surface area contributed by atoms with Crippen LogP contribution in [0, 0.1) is 0 Å². The minimum absolute atomic E-state index is 0.00524. The van der Waals surface area contributed by atoms with Gasteiger partial charge in [-0.15, -0.1) is 0 Å². The molecule has 4 rings (SSSR count). The fourth-order valence-corrected chi connectivity index (χ4v) is 4.62. The Hall–Kier alpha value is -3.83. The highest BCUT2D eigenvalue weighted by atomic mass is 35.5. The van der Waals surface area contributed by atoms with Gasteiger partial charge in [-0.2, -0.15) is 18.3 Å². The molecule has 3 aromatic carbocycles. The summed E-state index contributed by atoms with van der Waals surface area (Å²) >= 11 is 5.79. The molecule has 0 radical (unpaired) electrons. The lowest BCUT2D eigenvalue weighted by atomic mass is 10.3. The largest absolute Gasteiger partial charge is 0.437 e. The van der Waals surface area contributed by atoms with Crippen molar-refractivity contribution in [3.63, 3.8) is 0 Å². The molecular weight excluding hydrogens is 507 g/mol. The molecular formula is C23H15ClF3N3O4S. The molecule has 0 aliphatic rings. The number of nitrogens with one attached hydrogen (secondary N) is 1. The zero-order valence-electron chi connectivity index (χ0n) is 17.5. The molecule has 4 aromatic rings. The first kappa shape index (κ1) is 24.3. The lowest BCUT2D eigenvalue weighted by molar-refractivity contribution is -0.143. The van der Waals surface area contributed by atoms with Gasteiger partial charge in [0.05, 0.1) is 21.7 Å². The van der Waals surface area contributed by atoms with Gasteiger partial charge in [0.1, 0.15) is 0 Å². The van der Waals surface area contributed by atoms with Gasteiger partial charge in [0.15, 0.2) is 11.4 Å². The van der Waals surface area contributed by atoms with Gasteiger partial charge in [-0.05, 0) is 54.6 Å². The monoisotopic (exact) mass is 521 g/mol. The smallest absolute Gasteiger partial charge is 0.406 e. The van der Waals surface area contributed by atoms with Gasteiger partial charge in [-0.3, -0.25) is 5.32 Å². The molecule has 0 bridgehead atoms. The van der Waals surface area contributed by atoms with E-state index in [0.717, 1.165) is 6.20 Å². The number of carbonyl (C=O) groups excluding carboxylic acids is 1. The summed E-state index contributed by atoms with van der Waals surface area (Å²) in [6, 6.07) is 18.3. The number of alkyl halides is 3. The van der Waals surface area contributed by atoms with Gasteiger partial charge in [0.2, 0.25) is 9.84 Å². The van der Waals surface area contributed by atoms with E-state index in [9.17, 15) is 26.4 Å². The van der Waals surface area contributed by atoms with Crippen molar-refractivity contribution in [2.45, 2.75) is 16.0 Å². The van der Waals surface area contributed by atoms with Crippen LogP contribution in [-0.2, 0) is 16.0 Å². The van der Waals surface area contributed by atoms with E-state index >= 15 is 0 Å². The quantitative estimate of drug-likeness (QED) is 0.348. The van der Waals surface area contributed by atoms with E-state index in [1.54, 1.807) is 18.2 Å². The predicted octanol–water partition coefficient (Wildman–Crippen LogP) is 5.99. The highest BCUT2D eigenvalue weighted by Gasteiger charge is 2.40. The Morgan fingerprint density at radius 3 is 2.26 bits per heavy atom. The lowest BCUT2D eigenvalue weighted by Crippen LogP contribution is -2.20. The van der Waals surface area contributed by atoms with Crippen molar-refractivity contribution in [3.05, 3.63) is 95.8 Å². The van der Waals surface area contributed by atoms with Crippen LogP contribution in [0.25, 0.3) is 5.69 Å². The third-order valence-corrected chi connectivity index (χ3v) is 6.74. The minimum Gasteiger partial charge on any atom is -0.406 e. The standard InChI is InChI=1S/C23H15ClF3N3O4S/c24-15-9-11-17(12-10-15)30-21(23(25,26)27)20(14-28-30)34-22(31)29-16-5-4-8-19(13-16)35(32,33)18-6-2-1-3-7-18/h1-14H,(H,29,31). The summed E-state index contributed by atoms with van der Waals surface area (Å²) in [6.45, 7) is 0. The van der Waals surface area contributed by atoms with Crippen molar-refractivity contribution in [2.24, 2.45) is 0 Å². The number of amides is 1. The molecule has 0 aliphatic heterocycles. The summed E-state index contributed by atoms with van der Waals surface area (Å²) in [6.07, 6.45) is -5.41. The van der Waals surface area contributed by atoms with E-state index in [1.165, 1.54) is 60.7 Å². The number of nitrogens with zero attached hydrogens (tertiary/aromatic N) is 2. The minimum atomic E-state index is -4.91. The SMILES string of the molecule is O=C(Nc1cccc(S(=O)(=O)c2ccccc2)c1)Oc1cnn(-c2ccc(Cl)cc2)c1C(F)(F)F. The van der Waals surface area contributed by atoms with Gasteiger partial charge in [-0.1, -0.05) is 35.9 Å². The van der Waals surface area contributed by atoms with Crippen LogP contribution in [0.1, 0.15) is 5.69 Å². The second-order valence-electron chi connectivity index (χ2n) is 7.10. The van der Waals surface area contributed by atoms with Crippen molar-refractivity contribution in [3.8, 4) is 11.4 Å². The fourth-order valence-electron chi connectivity index (χ4n) is 3.17. The Balaban J connectivity index is 1.58. The van der Waals surface area contributed by atoms with E-state index in [-0.39, 0.29) is 21.2 Å².